The van der Waals surface area contributed by atoms with E-state index < -0.39 is 0 Å². The lowest BCUT2D eigenvalue weighted by atomic mass is 9.83. The molecule has 1 saturated carbocycles. The van der Waals surface area contributed by atoms with Crippen molar-refractivity contribution >= 4 is 16.8 Å². The number of Topliss-reactive ketones (excluding diaryl/α,β-unsaturated/α-hetero) is 1. The molecule has 0 N–H and O–H groups in total. The summed E-state index contributed by atoms with van der Waals surface area (Å²) in [7, 11) is 3.28. The molecule has 0 spiro atoms. The predicted octanol–water partition coefficient (Wildman–Crippen LogP) is 3.95. The van der Waals surface area contributed by atoms with Crippen LogP contribution in [0.5, 0.6) is 5.75 Å². The number of ether oxygens (including phenoxy) is 2. The lowest BCUT2D eigenvalue weighted by Gasteiger charge is -2.23. The van der Waals surface area contributed by atoms with Crippen LogP contribution in [0.4, 0.5) is 0 Å². The number of hydrogen-bond acceptors (Lipinski definition) is 6. The summed E-state index contributed by atoms with van der Waals surface area (Å²) in [6.07, 6.45) is 11.5. The maximum absolute atomic E-state index is 12.7. The van der Waals surface area contributed by atoms with Gasteiger partial charge in [0.25, 0.3) is 0 Å². The van der Waals surface area contributed by atoms with E-state index in [1.165, 1.54) is 37.7 Å². The summed E-state index contributed by atoms with van der Waals surface area (Å²) >= 11 is 0. The number of fused-ring (bicyclic) bond motifs is 1. The average Bonchev–Trinajstić information content (AvgIpc) is 3.26. The highest BCUT2D eigenvalue weighted by atomic mass is 16.5. The van der Waals surface area contributed by atoms with Gasteiger partial charge in [0.2, 0.25) is 0 Å². The molecule has 1 aliphatic rings. The molecule has 0 amide bonds. The van der Waals surface area contributed by atoms with Crippen LogP contribution in [-0.2, 0) is 17.7 Å². The van der Waals surface area contributed by atoms with E-state index in [0.29, 0.717) is 36.1 Å². The van der Waals surface area contributed by atoms with Gasteiger partial charge in [-0.25, -0.2) is 4.98 Å². The first-order valence-corrected chi connectivity index (χ1v) is 10.6. The van der Waals surface area contributed by atoms with Gasteiger partial charge in [-0.1, -0.05) is 25.3 Å². The molecular weight excluding hydrogens is 380 g/mol. The second-order valence-electron chi connectivity index (χ2n) is 7.84. The third-order valence-corrected chi connectivity index (χ3v) is 5.83. The van der Waals surface area contributed by atoms with Crippen molar-refractivity contribution in [2.24, 2.45) is 0 Å². The minimum Gasteiger partial charge on any atom is -0.494 e. The van der Waals surface area contributed by atoms with Crippen LogP contribution in [0.25, 0.3) is 11.0 Å². The van der Waals surface area contributed by atoms with Gasteiger partial charge in [-0.3, -0.25) is 14.5 Å². The Hall–Kier alpha value is -2.80. The van der Waals surface area contributed by atoms with E-state index in [2.05, 4.69) is 11.2 Å². The quantitative estimate of drug-likeness (QED) is 0.525. The molecule has 2 aromatic heterocycles. The molecule has 0 radical (unpaired) electrons. The van der Waals surface area contributed by atoms with Crippen molar-refractivity contribution in [3.05, 3.63) is 47.5 Å². The molecule has 7 heteroatoms. The molecule has 1 fully saturated rings. The number of hydrogen-bond donors (Lipinski definition) is 0. The van der Waals surface area contributed by atoms with Gasteiger partial charge >= 0.3 is 0 Å². The maximum atomic E-state index is 12.7. The van der Waals surface area contributed by atoms with E-state index in [4.69, 9.17) is 19.4 Å². The molecule has 30 heavy (non-hydrogen) atoms. The van der Waals surface area contributed by atoms with Crippen LogP contribution in [0.2, 0.25) is 0 Å². The van der Waals surface area contributed by atoms with Crippen LogP contribution in [0.15, 0.2) is 30.7 Å². The van der Waals surface area contributed by atoms with Crippen molar-refractivity contribution in [2.75, 3.05) is 20.8 Å². The van der Waals surface area contributed by atoms with Crippen LogP contribution in [0, 0.1) is 0 Å². The van der Waals surface area contributed by atoms with Crippen molar-refractivity contribution in [2.45, 2.75) is 51.0 Å². The maximum Gasteiger partial charge on any atom is 0.172 e. The van der Waals surface area contributed by atoms with Crippen molar-refractivity contribution in [3.8, 4) is 5.75 Å². The average molecular weight is 409 g/mol. The summed E-state index contributed by atoms with van der Waals surface area (Å²) in [5.74, 6) is 1.18. The van der Waals surface area contributed by atoms with E-state index in [0.717, 1.165) is 11.0 Å². The van der Waals surface area contributed by atoms with Crippen LogP contribution in [0.3, 0.4) is 0 Å². The summed E-state index contributed by atoms with van der Waals surface area (Å²) < 4.78 is 12.3. The van der Waals surface area contributed by atoms with Crippen LogP contribution < -0.4 is 4.74 Å². The molecule has 1 aromatic carbocycles. The Morgan fingerprint density at radius 3 is 2.73 bits per heavy atom. The number of carbonyl (C=O) groups excluding carboxylic acids is 1. The minimum absolute atomic E-state index is 0.0327. The van der Waals surface area contributed by atoms with E-state index in [-0.39, 0.29) is 12.2 Å². The highest BCUT2D eigenvalue weighted by Gasteiger charge is 2.21. The molecule has 0 bridgehead atoms. The van der Waals surface area contributed by atoms with E-state index in [9.17, 15) is 4.79 Å². The topological polar surface area (TPSA) is 79.1 Å². The van der Waals surface area contributed by atoms with Gasteiger partial charge in [0.05, 0.1) is 49.7 Å². The first-order chi connectivity index (χ1) is 14.7. The van der Waals surface area contributed by atoms with Gasteiger partial charge in [-0.15, -0.1) is 0 Å². The predicted molar refractivity (Wildman–Crippen MR) is 114 cm³/mol. The molecule has 7 nitrogen and oxygen atoms in total. The smallest absolute Gasteiger partial charge is 0.172 e. The summed E-state index contributed by atoms with van der Waals surface area (Å²) in [6, 6.07) is 4.11. The van der Waals surface area contributed by atoms with Crippen molar-refractivity contribution in [1.29, 1.82) is 0 Å². The number of rotatable bonds is 8. The second kappa shape index (κ2) is 9.34. The number of benzene rings is 1. The van der Waals surface area contributed by atoms with Crippen LogP contribution in [-0.4, -0.2) is 46.4 Å². The highest BCUT2D eigenvalue weighted by molar-refractivity contribution is 5.97. The largest absolute Gasteiger partial charge is 0.494 e. The number of aromatic nitrogens is 4. The van der Waals surface area contributed by atoms with Crippen molar-refractivity contribution in [1.82, 2.24) is 19.7 Å². The number of ketones is 1. The molecule has 0 unspecified atom stereocenters. The molecule has 3 aromatic rings. The van der Waals surface area contributed by atoms with Crippen molar-refractivity contribution in [3.63, 3.8) is 0 Å². The molecule has 2 heterocycles. The van der Waals surface area contributed by atoms with Gasteiger partial charge in [0.1, 0.15) is 11.3 Å². The zero-order valence-corrected chi connectivity index (χ0v) is 17.6. The first-order valence-electron chi connectivity index (χ1n) is 10.6. The monoisotopic (exact) mass is 408 g/mol. The normalized spacial score (nSPS) is 14.9. The third kappa shape index (κ3) is 4.36. The summed E-state index contributed by atoms with van der Waals surface area (Å²) in [4.78, 5) is 22.2. The van der Waals surface area contributed by atoms with Crippen molar-refractivity contribution < 1.29 is 14.3 Å². The van der Waals surface area contributed by atoms with E-state index in [1.807, 2.05) is 6.07 Å². The molecule has 1 aliphatic carbocycles. The van der Waals surface area contributed by atoms with Gasteiger partial charge in [-0.2, -0.15) is 5.10 Å². The summed E-state index contributed by atoms with van der Waals surface area (Å²) in [6.45, 7) is 1.16. The van der Waals surface area contributed by atoms with Gasteiger partial charge in [-0.05, 0) is 30.4 Å². The van der Waals surface area contributed by atoms with E-state index >= 15 is 0 Å². The Kier molecular flexibility index (Phi) is 6.38. The zero-order valence-electron chi connectivity index (χ0n) is 17.6. The fourth-order valence-electron chi connectivity index (χ4n) is 4.21. The fourth-order valence-corrected chi connectivity index (χ4v) is 4.21. The molecule has 4 rings (SSSR count). The molecule has 0 aliphatic heterocycles. The molecule has 0 atom stereocenters. The SMILES string of the molecule is COCCn1cc(C(=O)Cc2cnc3c(C4CCCCC4)ccc(OC)c3n2)cn1. The summed E-state index contributed by atoms with van der Waals surface area (Å²) in [5, 5.41) is 4.22. The number of nitrogens with zero attached hydrogens (tertiary/aromatic N) is 4. The first kappa shape index (κ1) is 20.5. The Morgan fingerprint density at radius 2 is 1.97 bits per heavy atom. The fraction of sp³-hybridized carbons (Fsp3) is 0.478. The summed E-state index contributed by atoms with van der Waals surface area (Å²) in [5.41, 5.74) is 4.08. The second-order valence-corrected chi connectivity index (χ2v) is 7.84. The molecular formula is C23H28N4O3. The lowest BCUT2D eigenvalue weighted by molar-refractivity contribution is 0.0991. The lowest BCUT2D eigenvalue weighted by Crippen LogP contribution is -2.09. The number of methoxy groups -OCH3 is 2. The van der Waals surface area contributed by atoms with Gasteiger partial charge in [0.15, 0.2) is 5.78 Å². The van der Waals surface area contributed by atoms with E-state index in [1.54, 1.807) is 37.5 Å². The number of carbonyl (C=O) groups is 1. The highest BCUT2D eigenvalue weighted by Crippen LogP contribution is 2.37. The Labute approximate surface area is 176 Å². The van der Waals surface area contributed by atoms with Gasteiger partial charge < -0.3 is 9.47 Å². The molecule has 158 valence electrons. The van der Waals surface area contributed by atoms with Gasteiger partial charge in [0, 0.05) is 19.5 Å². The third-order valence-electron chi connectivity index (χ3n) is 5.83. The Bertz CT molecular complexity index is 1020. The van der Waals surface area contributed by atoms with Crippen LogP contribution >= 0.6 is 0 Å². The Morgan fingerprint density at radius 1 is 1.13 bits per heavy atom. The Balaban J connectivity index is 1.59. The molecule has 0 saturated heterocycles. The van der Waals surface area contributed by atoms with Crippen LogP contribution in [0.1, 0.15) is 59.6 Å². The standard InChI is InChI=1S/C23H28N4O3/c1-29-11-10-27-15-17(13-25-27)20(28)12-18-14-24-22-19(16-6-4-3-5-7-16)8-9-21(30-2)23(22)26-18/h8-9,13-16H,3-7,10-12H2,1-2H3. The minimum atomic E-state index is -0.0327. The zero-order chi connectivity index (χ0) is 20.9.